The number of rotatable bonds is 6. The molecule has 1 aromatic carbocycles. The van der Waals surface area contributed by atoms with Crippen LogP contribution in [-0.4, -0.2) is 42.3 Å². The molecule has 0 saturated carbocycles. The van der Waals surface area contributed by atoms with E-state index in [0.29, 0.717) is 13.0 Å². The Balaban J connectivity index is 1.96. The molecule has 2 unspecified atom stereocenters. The Bertz CT molecular complexity index is 736. The van der Waals surface area contributed by atoms with Crippen LogP contribution >= 0.6 is 0 Å². The number of hydrogen-bond acceptors (Lipinski definition) is 5. The minimum Gasteiger partial charge on any atom is -0.445 e. The molecule has 1 heterocycles. The summed E-state index contributed by atoms with van der Waals surface area (Å²) in [6.07, 6.45) is 3.12. The summed E-state index contributed by atoms with van der Waals surface area (Å²) in [5.74, 6) is -2.08. The van der Waals surface area contributed by atoms with Crippen molar-refractivity contribution in [1.29, 1.82) is 0 Å². The van der Waals surface area contributed by atoms with E-state index in [-0.39, 0.29) is 12.5 Å². The Morgan fingerprint density at radius 1 is 1.10 bits per heavy atom. The molecule has 1 aliphatic rings. The van der Waals surface area contributed by atoms with E-state index in [0.717, 1.165) is 31.2 Å². The lowest BCUT2D eigenvalue weighted by atomic mass is 9.99. The number of ketones is 1. The molecule has 0 aliphatic carbocycles. The van der Waals surface area contributed by atoms with Gasteiger partial charge in [0.15, 0.2) is 0 Å². The second kappa shape index (κ2) is 11.9. The van der Waals surface area contributed by atoms with Gasteiger partial charge in [-0.2, -0.15) is 0 Å². The number of amides is 3. The maximum absolute atomic E-state index is 12.8. The molecule has 0 spiro atoms. The molecular weight excluding hydrogens is 386 g/mol. The van der Waals surface area contributed by atoms with Crippen molar-refractivity contribution in [1.82, 2.24) is 16.0 Å². The highest BCUT2D eigenvalue weighted by molar-refractivity contribution is 6.38. The molecule has 8 heteroatoms. The summed E-state index contributed by atoms with van der Waals surface area (Å²) in [7, 11) is 0. The fourth-order valence-electron chi connectivity index (χ4n) is 3.23. The zero-order chi connectivity index (χ0) is 21.9. The first-order chi connectivity index (χ1) is 14.4. The molecule has 0 radical (unpaired) electrons. The van der Waals surface area contributed by atoms with Crippen LogP contribution in [0.5, 0.6) is 0 Å². The van der Waals surface area contributed by atoms with E-state index in [1.54, 1.807) is 13.8 Å². The molecule has 1 fully saturated rings. The van der Waals surface area contributed by atoms with Crippen LogP contribution in [0, 0.1) is 5.92 Å². The van der Waals surface area contributed by atoms with Gasteiger partial charge in [0.2, 0.25) is 11.7 Å². The van der Waals surface area contributed by atoms with Crippen molar-refractivity contribution in [3.63, 3.8) is 0 Å². The first-order valence-electron chi connectivity index (χ1n) is 10.5. The van der Waals surface area contributed by atoms with Crippen LogP contribution in [0.2, 0.25) is 0 Å². The molecule has 1 aromatic rings. The van der Waals surface area contributed by atoms with Gasteiger partial charge in [0, 0.05) is 6.54 Å². The number of carbonyl (C=O) groups excluding carboxylic acids is 4. The maximum atomic E-state index is 12.8. The van der Waals surface area contributed by atoms with Gasteiger partial charge in [-0.25, -0.2) is 4.79 Å². The van der Waals surface area contributed by atoms with Crippen molar-refractivity contribution >= 4 is 23.7 Å². The highest BCUT2D eigenvalue weighted by Crippen LogP contribution is 2.10. The van der Waals surface area contributed by atoms with Crippen molar-refractivity contribution in [2.75, 3.05) is 6.54 Å². The van der Waals surface area contributed by atoms with Gasteiger partial charge in [0.05, 0.1) is 6.04 Å². The Morgan fingerprint density at radius 2 is 1.80 bits per heavy atom. The lowest BCUT2D eigenvalue weighted by molar-refractivity contribution is -0.140. The van der Waals surface area contributed by atoms with E-state index < -0.39 is 35.8 Å². The average molecular weight is 418 g/mol. The normalized spacial score (nSPS) is 18.8. The lowest BCUT2D eigenvalue weighted by Gasteiger charge is -2.25. The molecule has 3 N–H and O–H groups in total. The Hall–Kier alpha value is -2.90. The number of benzene rings is 1. The monoisotopic (exact) mass is 417 g/mol. The van der Waals surface area contributed by atoms with E-state index >= 15 is 0 Å². The van der Waals surface area contributed by atoms with Gasteiger partial charge in [-0.1, -0.05) is 63.4 Å². The standard InChI is InChI=1S/C22H31N3O5/c1-15(2)18(25-22(29)30-14-16-10-6-5-7-11-16)20(27)24-17-12-8-3-4-9-13-23-21(28)19(17)26/h5-7,10-11,15,17-18H,3-4,8-9,12-14H2,1-2H3,(H,23,28)(H,24,27)(H,25,29). The molecule has 0 bridgehead atoms. The second-order valence-corrected chi connectivity index (χ2v) is 7.81. The third-order valence-corrected chi connectivity index (χ3v) is 5.00. The van der Waals surface area contributed by atoms with Crippen molar-refractivity contribution < 1.29 is 23.9 Å². The Morgan fingerprint density at radius 3 is 2.50 bits per heavy atom. The molecule has 1 saturated heterocycles. The van der Waals surface area contributed by atoms with E-state index in [2.05, 4.69) is 16.0 Å². The number of nitrogens with one attached hydrogen (secondary N) is 3. The molecule has 8 nitrogen and oxygen atoms in total. The van der Waals surface area contributed by atoms with Gasteiger partial charge in [-0.3, -0.25) is 14.4 Å². The maximum Gasteiger partial charge on any atom is 0.408 e. The van der Waals surface area contributed by atoms with E-state index in [9.17, 15) is 19.2 Å². The quantitative estimate of drug-likeness (QED) is 0.613. The highest BCUT2D eigenvalue weighted by atomic mass is 16.5. The zero-order valence-electron chi connectivity index (χ0n) is 17.6. The van der Waals surface area contributed by atoms with E-state index in [1.165, 1.54) is 0 Å². The number of alkyl carbamates (subject to hydrolysis) is 1. The largest absolute Gasteiger partial charge is 0.445 e. The van der Waals surface area contributed by atoms with Crippen molar-refractivity contribution in [3.05, 3.63) is 35.9 Å². The topological polar surface area (TPSA) is 114 Å². The SMILES string of the molecule is CC(C)C(NC(=O)OCc1ccccc1)C(=O)NC1CCCCCCNC(=O)C1=O. The van der Waals surface area contributed by atoms with Crippen LogP contribution in [0.1, 0.15) is 51.5 Å². The molecule has 1 aliphatic heterocycles. The third-order valence-electron chi connectivity index (χ3n) is 5.00. The second-order valence-electron chi connectivity index (χ2n) is 7.81. The van der Waals surface area contributed by atoms with Crippen LogP contribution in [0.25, 0.3) is 0 Å². The summed E-state index contributed by atoms with van der Waals surface area (Å²) in [5, 5.41) is 7.82. The molecule has 0 aromatic heterocycles. The average Bonchev–Trinajstić information content (AvgIpc) is 2.73. The number of Topliss-reactive ketones (excluding diaryl/α,β-unsaturated/α-hetero) is 1. The number of hydrogen-bond donors (Lipinski definition) is 3. The smallest absolute Gasteiger partial charge is 0.408 e. The fourth-order valence-corrected chi connectivity index (χ4v) is 3.23. The lowest BCUT2D eigenvalue weighted by Crippen LogP contribution is -2.55. The predicted octanol–water partition coefficient (Wildman–Crippen LogP) is 2.07. The van der Waals surface area contributed by atoms with Gasteiger partial charge < -0.3 is 20.7 Å². The van der Waals surface area contributed by atoms with Crippen LogP contribution in [0.4, 0.5) is 4.79 Å². The van der Waals surface area contributed by atoms with Crippen LogP contribution in [0.3, 0.4) is 0 Å². The van der Waals surface area contributed by atoms with Gasteiger partial charge >= 0.3 is 6.09 Å². The summed E-state index contributed by atoms with van der Waals surface area (Å²) in [6, 6.07) is 7.41. The molecule has 2 atom stereocenters. The Labute approximate surface area is 177 Å². The fraction of sp³-hybridized carbons (Fsp3) is 0.545. The zero-order valence-corrected chi connectivity index (χ0v) is 17.6. The van der Waals surface area contributed by atoms with Gasteiger partial charge in [-0.05, 0) is 24.3 Å². The predicted molar refractivity (Wildman–Crippen MR) is 111 cm³/mol. The summed E-state index contributed by atoms with van der Waals surface area (Å²) in [5.41, 5.74) is 0.830. The molecular formula is C22H31N3O5. The highest BCUT2D eigenvalue weighted by Gasteiger charge is 2.31. The summed E-state index contributed by atoms with van der Waals surface area (Å²) in [4.78, 5) is 49.4. The van der Waals surface area contributed by atoms with Crippen LogP contribution in [-0.2, 0) is 25.7 Å². The van der Waals surface area contributed by atoms with Crippen molar-refractivity contribution in [2.45, 2.75) is 64.6 Å². The third kappa shape index (κ3) is 7.50. The summed E-state index contributed by atoms with van der Waals surface area (Å²) in [6.45, 7) is 4.10. The van der Waals surface area contributed by atoms with E-state index in [1.807, 2.05) is 30.3 Å². The molecule has 2 rings (SSSR count). The van der Waals surface area contributed by atoms with Gasteiger partial charge in [0.1, 0.15) is 12.6 Å². The minimum absolute atomic E-state index is 0.0837. The molecule has 164 valence electrons. The Kier molecular flexibility index (Phi) is 9.31. The molecule has 3 amide bonds. The van der Waals surface area contributed by atoms with E-state index in [4.69, 9.17) is 4.74 Å². The van der Waals surface area contributed by atoms with Crippen molar-refractivity contribution in [2.24, 2.45) is 5.92 Å². The van der Waals surface area contributed by atoms with Crippen LogP contribution in [0.15, 0.2) is 30.3 Å². The first kappa shape index (κ1) is 23.4. The van der Waals surface area contributed by atoms with Crippen LogP contribution < -0.4 is 16.0 Å². The minimum atomic E-state index is -0.904. The van der Waals surface area contributed by atoms with Crippen molar-refractivity contribution in [3.8, 4) is 0 Å². The van der Waals surface area contributed by atoms with Gasteiger partial charge in [0.25, 0.3) is 5.91 Å². The summed E-state index contributed by atoms with van der Waals surface area (Å²) >= 11 is 0. The molecule has 30 heavy (non-hydrogen) atoms. The number of ether oxygens (including phenoxy) is 1. The number of carbonyl (C=O) groups is 4. The van der Waals surface area contributed by atoms with Gasteiger partial charge in [-0.15, -0.1) is 0 Å². The first-order valence-corrected chi connectivity index (χ1v) is 10.5. The summed E-state index contributed by atoms with van der Waals surface area (Å²) < 4.78 is 5.19.